The molecule has 5 heteroatoms. The van der Waals surface area contributed by atoms with Crippen molar-refractivity contribution < 1.29 is 4.79 Å². The van der Waals surface area contributed by atoms with Crippen LogP contribution in [-0.2, 0) is 0 Å². The molecule has 1 aliphatic carbocycles. The van der Waals surface area contributed by atoms with Crippen LogP contribution in [-0.4, -0.2) is 16.1 Å². The van der Waals surface area contributed by atoms with Gasteiger partial charge in [0.1, 0.15) is 5.69 Å². The van der Waals surface area contributed by atoms with Crippen molar-refractivity contribution in [1.82, 2.24) is 9.78 Å². The molecule has 2 aromatic rings. The first-order valence-electron chi connectivity index (χ1n) is 7.49. The van der Waals surface area contributed by atoms with Gasteiger partial charge in [-0.1, -0.05) is 25.7 Å². The Bertz CT molecular complexity index is 639. The molecule has 0 atom stereocenters. The normalized spacial score (nSPS) is 16.9. The average Bonchev–Trinajstić information content (AvgIpc) is 2.91. The number of carbonyl (C=O) groups is 1. The minimum atomic E-state index is 0.447. The molecule has 3 rings (SSSR count). The number of hydrogen-bond acceptors (Lipinski definition) is 3. The molecule has 1 fully saturated rings. The molecule has 0 unspecified atom stereocenters. The highest BCUT2D eigenvalue weighted by Gasteiger charge is 2.20. The van der Waals surface area contributed by atoms with Crippen LogP contribution in [0.1, 0.15) is 59.8 Å². The zero-order valence-electron chi connectivity index (χ0n) is 12.1. The summed E-state index contributed by atoms with van der Waals surface area (Å²) in [5.74, 6) is 0. The molecule has 0 aromatic carbocycles. The Morgan fingerprint density at radius 1 is 1.33 bits per heavy atom. The Morgan fingerprint density at radius 2 is 2.05 bits per heavy atom. The predicted molar refractivity (Wildman–Crippen MR) is 90.1 cm³/mol. The lowest BCUT2D eigenvalue weighted by atomic mass is 10.1. The van der Waals surface area contributed by atoms with E-state index in [2.05, 4.69) is 28.9 Å². The van der Waals surface area contributed by atoms with Crippen LogP contribution in [0.3, 0.4) is 0 Å². The fourth-order valence-electron chi connectivity index (χ4n) is 3.09. The van der Waals surface area contributed by atoms with Gasteiger partial charge in [0.2, 0.25) is 0 Å². The molecule has 2 aromatic heterocycles. The number of hydrogen-bond donors (Lipinski definition) is 0. The second-order valence-corrected chi connectivity index (χ2v) is 8.33. The van der Waals surface area contributed by atoms with E-state index in [4.69, 9.17) is 5.10 Å². The van der Waals surface area contributed by atoms with Crippen LogP contribution in [0.5, 0.6) is 0 Å². The Kier molecular flexibility index (Phi) is 4.60. The maximum Gasteiger partial charge on any atom is 0.153 e. The van der Waals surface area contributed by atoms with Crippen molar-refractivity contribution in [3.8, 4) is 11.3 Å². The predicted octanol–water partition coefficient (Wildman–Crippen LogP) is 5.39. The summed E-state index contributed by atoms with van der Waals surface area (Å²) in [6.07, 6.45) is 10.4. The number of aryl methyl sites for hydroxylation is 1. The van der Waals surface area contributed by atoms with E-state index in [0.717, 1.165) is 21.3 Å². The Labute approximate surface area is 137 Å². The Balaban J connectivity index is 1.98. The molecule has 1 aliphatic rings. The standard InChI is InChI=1S/C16H19BrN2OS/c1-11-14(8-15(17)21-11)16-12(10-20)9-19(18-16)13-6-4-2-3-5-7-13/h8-10,13H,2-7H2,1H3. The average molecular weight is 367 g/mol. The van der Waals surface area contributed by atoms with Crippen LogP contribution in [0.4, 0.5) is 0 Å². The van der Waals surface area contributed by atoms with Crippen molar-refractivity contribution in [3.05, 3.63) is 26.5 Å². The molecule has 0 aliphatic heterocycles. The smallest absolute Gasteiger partial charge is 0.153 e. The SMILES string of the molecule is Cc1sc(Br)cc1-c1nn(C2CCCCCC2)cc1C=O. The number of nitrogens with zero attached hydrogens (tertiary/aromatic N) is 2. The summed E-state index contributed by atoms with van der Waals surface area (Å²) in [4.78, 5) is 12.6. The maximum absolute atomic E-state index is 11.4. The van der Waals surface area contributed by atoms with Crippen molar-refractivity contribution in [2.75, 3.05) is 0 Å². The van der Waals surface area contributed by atoms with Gasteiger partial charge in [0.05, 0.1) is 15.4 Å². The molecule has 0 radical (unpaired) electrons. The summed E-state index contributed by atoms with van der Waals surface area (Å²) in [7, 11) is 0. The van der Waals surface area contributed by atoms with Crippen molar-refractivity contribution >= 4 is 33.6 Å². The molecule has 2 heterocycles. The highest BCUT2D eigenvalue weighted by Crippen LogP contribution is 2.35. The minimum Gasteiger partial charge on any atom is -0.298 e. The lowest BCUT2D eigenvalue weighted by Crippen LogP contribution is -2.08. The van der Waals surface area contributed by atoms with Crippen LogP contribution >= 0.6 is 27.3 Å². The zero-order chi connectivity index (χ0) is 14.8. The van der Waals surface area contributed by atoms with E-state index in [1.165, 1.54) is 43.4 Å². The maximum atomic E-state index is 11.4. The molecule has 0 N–H and O–H groups in total. The number of carbonyl (C=O) groups excluding carboxylic acids is 1. The molecule has 0 spiro atoms. The van der Waals surface area contributed by atoms with Crippen molar-refractivity contribution in [3.63, 3.8) is 0 Å². The van der Waals surface area contributed by atoms with Gasteiger partial charge in [-0.15, -0.1) is 11.3 Å². The highest BCUT2D eigenvalue weighted by molar-refractivity contribution is 9.11. The highest BCUT2D eigenvalue weighted by atomic mass is 79.9. The number of aldehydes is 1. The first-order valence-corrected chi connectivity index (χ1v) is 9.10. The summed E-state index contributed by atoms with van der Waals surface area (Å²) < 4.78 is 3.12. The summed E-state index contributed by atoms with van der Waals surface area (Å²) >= 11 is 5.20. The van der Waals surface area contributed by atoms with E-state index >= 15 is 0 Å². The van der Waals surface area contributed by atoms with Crippen molar-refractivity contribution in [2.45, 2.75) is 51.5 Å². The lowest BCUT2D eigenvalue weighted by Gasteiger charge is -2.14. The van der Waals surface area contributed by atoms with Gasteiger partial charge in [-0.05, 0) is 41.8 Å². The molecular formula is C16H19BrN2OS. The van der Waals surface area contributed by atoms with E-state index in [1.807, 2.05) is 10.9 Å². The topological polar surface area (TPSA) is 34.9 Å². The monoisotopic (exact) mass is 366 g/mol. The van der Waals surface area contributed by atoms with Crippen molar-refractivity contribution in [1.29, 1.82) is 0 Å². The molecule has 112 valence electrons. The largest absolute Gasteiger partial charge is 0.298 e. The summed E-state index contributed by atoms with van der Waals surface area (Å²) in [5, 5.41) is 4.76. The molecule has 3 nitrogen and oxygen atoms in total. The van der Waals surface area contributed by atoms with Gasteiger partial charge in [0.25, 0.3) is 0 Å². The summed E-state index contributed by atoms with van der Waals surface area (Å²) in [6.45, 7) is 2.07. The van der Waals surface area contributed by atoms with Gasteiger partial charge in [-0.25, -0.2) is 0 Å². The van der Waals surface area contributed by atoms with Gasteiger partial charge in [-0.2, -0.15) is 5.10 Å². The molecule has 0 bridgehead atoms. The quantitative estimate of drug-likeness (QED) is 0.538. The van der Waals surface area contributed by atoms with Crippen LogP contribution < -0.4 is 0 Å². The second-order valence-electron chi connectivity index (χ2n) is 5.70. The molecule has 0 saturated heterocycles. The van der Waals surface area contributed by atoms with E-state index in [0.29, 0.717) is 11.6 Å². The number of rotatable bonds is 3. The van der Waals surface area contributed by atoms with Crippen LogP contribution in [0, 0.1) is 6.92 Å². The van der Waals surface area contributed by atoms with Crippen molar-refractivity contribution in [2.24, 2.45) is 0 Å². The molecular weight excluding hydrogens is 348 g/mol. The Hall–Kier alpha value is -0.940. The van der Waals surface area contributed by atoms with E-state index in [9.17, 15) is 4.79 Å². The third-order valence-electron chi connectivity index (χ3n) is 4.23. The number of thiophene rings is 1. The molecule has 1 saturated carbocycles. The lowest BCUT2D eigenvalue weighted by molar-refractivity contribution is 0.112. The van der Waals surface area contributed by atoms with E-state index in [-0.39, 0.29) is 0 Å². The number of halogens is 1. The fourth-order valence-corrected chi connectivity index (χ4v) is 4.78. The van der Waals surface area contributed by atoms with Gasteiger partial charge >= 0.3 is 0 Å². The molecule has 0 amide bonds. The van der Waals surface area contributed by atoms with Crippen LogP contribution in [0.15, 0.2) is 16.0 Å². The van der Waals surface area contributed by atoms with Gasteiger partial charge in [-0.3, -0.25) is 9.48 Å². The van der Waals surface area contributed by atoms with Gasteiger partial charge in [0, 0.05) is 16.6 Å². The summed E-state index contributed by atoms with van der Waals surface area (Å²) in [6, 6.07) is 2.51. The summed E-state index contributed by atoms with van der Waals surface area (Å²) in [5.41, 5.74) is 2.60. The first-order chi connectivity index (χ1) is 10.2. The number of aromatic nitrogens is 2. The Morgan fingerprint density at radius 3 is 2.62 bits per heavy atom. The fraction of sp³-hybridized carbons (Fsp3) is 0.500. The van der Waals surface area contributed by atoms with E-state index < -0.39 is 0 Å². The zero-order valence-corrected chi connectivity index (χ0v) is 14.5. The third-order valence-corrected chi connectivity index (χ3v) is 5.78. The van der Waals surface area contributed by atoms with Crippen LogP contribution in [0.2, 0.25) is 0 Å². The third kappa shape index (κ3) is 3.14. The second kappa shape index (κ2) is 6.44. The van der Waals surface area contributed by atoms with Gasteiger partial charge in [0.15, 0.2) is 6.29 Å². The molecule has 21 heavy (non-hydrogen) atoms. The first kappa shape index (κ1) is 15.0. The minimum absolute atomic E-state index is 0.447. The van der Waals surface area contributed by atoms with Gasteiger partial charge < -0.3 is 0 Å². The van der Waals surface area contributed by atoms with Crippen LogP contribution in [0.25, 0.3) is 11.3 Å². The van der Waals surface area contributed by atoms with E-state index in [1.54, 1.807) is 11.3 Å².